The molecule has 0 amide bonds. The first-order chi connectivity index (χ1) is 13.7. The summed E-state index contributed by atoms with van der Waals surface area (Å²) in [6, 6.07) is 20.9. The van der Waals surface area contributed by atoms with Crippen LogP contribution in [0.4, 0.5) is 0 Å². The van der Waals surface area contributed by atoms with Crippen molar-refractivity contribution in [3.05, 3.63) is 90.5 Å². The maximum Gasteiger partial charge on any atom is 0.300 e. The summed E-state index contributed by atoms with van der Waals surface area (Å²) in [5, 5.41) is 4.48. The number of fused-ring (bicyclic) bond motifs is 1. The lowest BCUT2D eigenvalue weighted by atomic mass is 10.1. The highest BCUT2D eigenvalue weighted by Gasteiger charge is 2.40. The minimum absolute atomic E-state index is 0.295. The lowest BCUT2D eigenvalue weighted by Crippen LogP contribution is -2.50. The minimum Gasteiger partial charge on any atom is -0.461 e. The molecule has 1 aromatic heterocycles. The molecular formula is C21H16N5O2+. The van der Waals surface area contributed by atoms with Crippen LogP contribution >= 0.6 is 0 Å². The highest BCUT2D eigenvalue weighted by Crippen LogP contribution is 2.28. The smallest absolute Gasteiger partial charge is 0.300 e. The highest BCUT2D eigenvalue weighted by atomic mass is 16.5. The number of hydrogen-bond acceptors (Lipinski definition) is 6. The molecule has 2 aliphatic heterocycles. The lowest BCUT2D eigenvalue weighted by molar-refractivity contribution is -0.802. The first kappa shape index (κ1) is 16.4. The number of hydrogen-bond donors (Lipinski definition) is 1. The fourth-order valence-electron chi connectivity index (χ4n) is 2.96. The molecule has 0 saturated heterocycles. The zero-order chi connectivity index (χ0) is 19.0. The first-order valence-electron chi connectivity index (χ1n) is 8.71. The van der Waals surface area contributed by atoms with E-state index >= 15 is 0 Å². The van der Waals surface area contributed by atoms with Crippen LogP contribution in [0.5, 0.6) is 11.5 Å². The van der Waals surface area contributed by atoms with Gasteiger partial charge in [0.15, 0.2) is 12.0 Å². The van der Waals surface area contributed by atoms with Gasteiger partial charge in [0.2, 0.25) is 0 Å². The van der Waals surface area contributed by atoms with E-state index in [1.54, 1.807) is 30.8 Å². The number of nitrogens with zero attached hydrogens (tertiary/aromatic N) is 4. The van der Waals surface area contributed by atoms with E-state index in [1.807, 2.05) is 54.6 Å². The van der Waals surface area contributed by atoms with E-state index in [4.69, 9.17) is 15.0 Å². The van der Waals surface area contributed by atoms with Crippen LogP contribution in [0.2, 0.25) is 0 Å². The summed E-state index contributed by atoms with van der Waals surface area (Å²) in [4.78, 5) is 8.90. The Kier molecular flexibility index (Phi) is 3.75. The Balaban J connectivity index is 1.40. The SMILES string of the molecule is N[N+]12C=C(c3ccc(Oc4ccccc4)cc3)N=CC1=NC(c1ccco1)=N2. The van der Waals surface area contributed by atoms with E-state index in [1.165, 1.54) is 0 Å². The quantitative estimate of drug-likeness (QED) is 0.558. The Morgan fingerprint density at radius 2 is 1.68 bits per heavy atom. The predicted molar refractivity (Wildman–Crippen MR) is 107 cm³/mol. The van der Waals surface area contributed by atoms with E-state index in [9.17, 15) is 0 Å². The number of ether oxygens (including phenoxy) is 1. The van der Waals surface area contributed by atoms with Gasteiger partial charge in [-0.15, -0.1) is 5.84 Å². The van der Waals surface area contributed by atoms with Gasteiger partial charge in [0.1, 0.15) is 23.4 Å². The number of quaternary nitrogens is 1. The Hall–Kier alpha value is -3.81. The molecule has 1 unspecified atom stereocenters. The van der Waals surface area contributed by atoms with E-state index in [0.717, 1.165) is 17.1 Å². The fourth-order valence-corrected chi connectivity index (χ4v) is 2.96. The van der Waals surface area contributed by atoms with Crippen molar-refractivity contribution in [1.29, 1.82) is 0 Å². The van der Waals surface area contributed by atoms with E-state index in [0.29, 0.717) is 23.1 Å². The molecule has 0 bridgehead atoms. The van der Waals surface area contributed by atoms with Gasteiger partial charge in [-0.1, -0.05) is 18.2 Å². The average molecular weight is 370 g/mol. The first-order valence-corrected chi connectivity index (χ1v) is 8.71. The summed E-state index contributed by atoms with van der Waals surface area (Å²) in [5.74, 6) is 9.47. The molecule has 3 heterocycles. The molecule has 0 aliphatic carbocycles. The van der Waals surface area contributed by atoms with Crippen molar-refractivity contribution >= 4 is 23.6 Å². The Morgan fingerprint density at radius 3 is 2.43 bits per heavy atom. The number of rotatable bonds is 4. The average Bonchev–Trinajstić information content (AvgIpc) is 3.36. The molecule has 7 heteroatoms. The van der Waals surface area contributed by atoms with Crippen LogP contribution in [-0.4, -0.2) is 22.6 Å². The monoisotopic (exact) mass is 370 g/mol. The highest BCUT2D eigenvalue weighted by molar-refractivity contribution is 6.32. The molecular weight excluding hydrogens is 354 g/mol. The normalized spacial score (nSPS) is 20.2. The van der Waals surface area contributed by atoms with Gasteiger partial charge in [0.05, 0.1) is 6.26 Å². The Bertz CT molecular complexity index is 1130. The molecule has 2 aromatic carbocycles. The molecule has 3 aromatic rings. The van der Waals surface area contributed by atoms with Gasteiger partial charge in [-0.3, -0.25) is 0 Å². The number of nitrogens with two attached hydrogens (primary N) is 1. The van der Waals surface area contributed by atoms with Gasteiger partial charge in [0, 0.05) is 5.56 Å². The molecule has 2 aliphatic rings. The van der Waals surface area contributed by atoms with Gasteiger partial charge in [-0.05, 0) is 58.3 Å². The van der Waals surface area contributed by atoms with Gasteiger partial charge in [-0.25, -0.2) is 4.99 Å². The number of para-hydroxylation sites is 1. The van der Waals surface area contributed by atoms with Crippen molar-refractivity contribution in [3.8, 4) is 11.5 Å². The van der Waals surface area contributed by atoms with Crippen molar-refractivity contribution in [3.63, 3.8) is 0 Å². The standard InChI is InChI=1S/C21H16N5O2/c22-26-14-18(23-13-20(26)24-21(25-26)19-7-4-12-27-19)15-8-10-17(11-9-15)28-16-5-2-1-3-6-16/h1-14H,22H2/q+1. The molecule has 1 atom stereocenters. The van der Waals surface area contributed by atoms with Gasteiger partial charge in [-0.2, -0.15) is 4.99 Å². The summed E-state index contributed by atoms with van der Waals surface area (Å²) >= 11 is 0. The zero-order valence-electron chi connectivity index (χ0n) is 14.8. The molecule has 7 nitrogen and oxygen atoms in total. The summed E-state index contributed by atoms with van der Waals surface area (Å²) in [6.45, 7) is 0. The molecule has 2 N–H and O–H groups in total. The predicted octanol–water partition coefficient (Wildman–Crippen LogP) is 3.92. The van der Waals surface area contributed by atoms with Crippen LogP contribution in [0.3, 0.4) is 0 Å². The van der Waals surface area contributed by atoms with Crippen LogP contribution in [0.25, 0.3) is 5.70 Å². The molecule has 0 radical (unpaired) electrons. The zero-order valence-corrected chi connectivity index (χ0v) is 14.8. The summed E-state index contributed by atoms with van der Waals surface area (Å²) < 4.78 is 10.9. The van der Waals surface area contributed by atoms with Gasteiger partial charge >= 0.3 is 0 Å². The molecule has 0 saturated carbocycles. The maximum atomic E-state index is 6.41. The summed E-state index contributed by atoms with van der Waals surface area (Å²) in [5.41, 5.74) is 1.61. The summed E-state index contributed by atoms with van der Waals surface area (Å²) in [7, 11) is 0. The van der Waals surface area contributed by atoms with Gasteiger partial charge in [0.25, 0.3) is 11.7 Å². The van der Waals surface area contributed by atoms with Crippen LogP contribution in [-0.2, 0) is 0 Å². The molecule has 0 fully saturated rings. The van der Waals surface area contributed by atoms with Crippen LogP contribution in [0.15, 0.2) is 98.7 Å². The topological polar surface area (TPSA) is 85.5 Å². The van der Waals surface area contributed by atoms with Crippen LogP contribution in [0, 0.1) is 0 Å². The van der Waals surface area contributed by atoms with Gasteiger partial charge < -0.3 is 9.15 Å². The second-order valence-corrected chi connectivity index (χ2v) is 6.32. The molecule has 136 valence electrons. The summed E-state index contributed by atoms with van der Waals surface area (Å²) in [6.07, 6.45) is 4.95. The third kappa shape index (κ3) is 2.94. The second-order valence-electron chi connectivity index (χ2n) is 6.32. The third-order valence-corrected chi connectivity index (χ3v) is 4.36. The Labute approximate surface area is 161 Å². The fraction of sp³-hybridized carbons (Fsp3) is 0. The van der Waals surface area contributed by atoms with Crippen molar-refractivity contribution < 1.29 is 13.9 Å². The van der Waals surface area contributed by atoms with Crippen molar-refractivity contribution in [2.24, 2.45) is 20.9 Å². The van der Waals surface area contributed by atoms with E-state index < -0.39 is 0 Å². The van der Waals surface area contributed by atoms with Crippen LogP contribution in [0.1, 0.15) is 11.3 Å². The lowest BCUT2D eigenvalue weighted by Gasteiger charge is -2.19. The third-order valence-electron chi connectivity index (χ3n) is 4.36. The molecule has 0 spiro atoms. The molecule has 28 heavy (non-hydrogen) atoms. The second kappa shape index (κ2) is 6.41. The molecule has 5 rings (SSSR count). The number of amidine groups is 2. The van der Waals surface area contributed by atoms with E-state index in [-0.39, 0.29) is 4.70 Å². The minimum atomic E-state index is -0.295. The number of benzene rings is 2. The Morgan fingerprint density at radius 1 is 0.893 bits per heavy atom. The van der Waals surface area contributed by atoms with Crippen molar-refractivity contribution in [2.45, 2.75) is 0 Å². The van der Waals surface area contributed by atoms with E-state index in [2.05, 4.69) is 15.1 Å². The largest absolute Gasteiger partial charge is 0.461 e. The number of aliphatic imine (C=N–C) groups is 2. The van der Waals surface area contributed by atoms with Crippen LogP contribution < -0.4 is 10.6 Å². The number of furan rings is 1. The maximum absolute atomic E-state index is 6.41. The van der Waals surface area contributed by atoms with Crippen molar-refractivity contribution in [2.75, 3.05) is 0 Å². The van der Waals surface area contributed by atoms with Crippen molar-refractivity contribution in [1.82, 2.24) is 0 Å².